The molecule has 8 nitrogen and oxygen atoms in total. The van der Waals surface area contributed by atoms with Crippen LogP contribution in [0, 0.1) is 0 Å². The summed E-state index contributed by atoms with van der Waals surface area (Å²) in [5.74, 6) is -0.352. The van der Waals surface area contributed by atoms with Crippen LogP contribution in [0.25, 0.3) is 0 Å². The summed E-state index contributed by atoms with van der Waals surface area (Å²) < 4.78 is 10.6. The summed E-state index contributed by atoms with van der Waals surface area (Å²) in [4.78, 5) is 12.4. The lowest BCUT2D eigenvalue weighted by molar-refractivity contribution is -0.261. The van der Waals surface area contributed by atoms with Gasteiger partial charge in [-0.3, -0.25) is 4.79 Å². The largest absolute Gasteiger partial charge is 0.394 e. The molecular weight excluding hydrogens is 340 g/mol. The van der Waals surface area contributed by atoms with E-state index in [-0.39, 0.29) is 11.9 Å². The fourth-order valence-corrected chi connectivity index (χ4v) is 2.95. The summed E-state index contributed by atoms with van der Waals surface area (Å²) >= 11 is 0. The molecule has 1 fully saturated rings. The van der Waals surface area contributed by atoms with Crippen molar-refractivity contribution in [1.82, 2.24) is 5.32 Å². The number of aliphatic hydroxyl groups is 3. The van der Waals surface area contributed by atoms with Crippen LogP contribution in [0.1, 0.15) is 19.4 Å². The molecule has 2 rings (SSSR count). The summed E-state index contributed by atoms with van der Waals surface area (Å²) in [5, 5.41) is 32.0. The van der Waals surface area contributed by atoms with Gasteiger partial charge in [-0.25, -0.2) is 0 Å². The molecule has 0 aliphatic carbocycles. The van der Waals surface area contributed by atoms with Crippen molar-refractivity contribution in [1.29, 1.82) is 0 Å². The predicted octanol–water partition coefficient (Wildman–Crippen LogP) is -1.09. The molecular formula is C18H28N2O6. The van der Waals surface area contributed by atoms with Crippen LogP contribution in [0.3, 0.4) is 0 Å². The van der Waals surface area contributed by atoms with Gasteiger partial charge in [0.25, 0.3) is 0 Å². The third-order valence-corrected chi connectivity index (χ3v) is 4.42. The highest BCUT2D eigenvalue weighted by Crippen LogP contribution is 2.22. The number of rotatable bonds is 7. The van der Waals surface area contributed by atoms with E-state index in [2.05, 4.69) is 5.32 Å². The quantitative estimate of drug-likeness (QED) is 0.413. The van der Waals surface area contributed by atoms with Gasteiger partial charge in [-0.1, -0.05) is 30.3 Å². The number of ether oxygens (including phenoxy) is 2. The van der Waals surface area contributed by atoms with Crippen LogP contribution in [0.15, 0.2) is 30.3 Å². The highest BCUT2D eigenvalue weighted by molar-refractivity contribution is 5.80. The Morgan fingerprint density at radius 2 is 1.96 bits per heavy atom. The van der Waals surface area contributed by atoms with Gasteiger partial charge >= 0.3 is 0 Å². The second-order valence-electron chi connectivity index (χ2n) is 6.66. The van der Waals surface area contributed by atoms with Crippen LogP contribution in [-0.2, 0) is 20.7 Å². The zero-order valence-electron chi connectivity index (χ0n) is 15.0. The number of amides is 1. The summed E-state index contributed by atoms with van der Waals surface area (Å²) in [6.07, 6.45) is -4.95. The van der Waals surface area contributed by atoms with Crippen molar-refractivity contribution in [3.8, 4) is 0 Å². The van der Waals surface area contributed by atoms with Crippen molar-refractivity contribution >= 4 is 5.91 Å². The lowest BCUT2D eigenvalue weighted by Crippen LogP contribution is -2.63. The highest BCUT2D eigenvalue weighted by Gasteiger charge is 2.44. The minimum Gasteiger partial charge on any atom is -0.394 e. The SMILES string of the molecule is CC(Cc1ccccc1)NC(=O)[C@@H](C)O[C@H]1[C@H](O)[C@@H](CO)OC(O)[C@@H]1N. The molecule has 1 aromatic rings. The Morgan fingerprint density at radius 3 is 2.58 bits per heavy atom. The molecule has 1 heterocycles. The van der Waals surface area contributed by atoms with Crippen molar-refractivity contribution in [3.05, 3.63) is 35.9 Å². The van der Waals surface area contributed by atoms with E-state index in [0.717, 1.165) is 5.56 Å². The first-order valence-electron chi connectivity index (χ1n) is 8.71. The molecule has 6 N–H and O–H groups in total. The van der Waals surface area contributed by atoms with Crippen LogP contribution in [-0.4, -0.2) is 70.6 Å². The van der Waals surface area contributed by atoms with Crippen molar-refractivity contribution < 1.29 is 29.6 Å². The number of nitrogens with one attached hydrogen (secondary N) is 1. The standard InChI is InChI=1S/C18H28N2O6/c1-10(8-12-6-4-3-5-7-12)20-17(23)11(2)25-16-14(19)18(24)26-13(9-21)15(16)22/h3-7,10-11,13-16,18,21-22,24H,8-9,19H2,1-2H3,(H,20,23)/t10?,11-,13-,14-,15-,16-,18?/m1/s1. The van der Waals surface area contributed by atoms with Gasteiger partial charge in [0, 0.05) is 6.04 Å². The van der Waals surface area contributed by atoms with Gasteiger partial charge in [-0.05, 0) is 25.8 Å². The average Bonchev–Trinajstić information content (AvgIpc) is 2.62. The normalized spacial score (nSPS) is 31.2. The monoisotopic (exact) mass is 368 g/mol. The molecule has 0 spiro atoms. The molecule has 26 heavy (non-hydrogen) atoms. The van der Waals surface area contributed by atoms with Crippen molar-refractivity contribution in [2.45, 2.75) is 63.1 Å². The molecule has 0 bridgehead atoms. The van der Waals surface area contributed by atoms with Gasteiger partial charge in [0.1, 0.15) is 24.4 Å². The van der Waals surface area contributed by atoms with E-state index in [0.29, 0.717) is 6.42 Å². The summed E-state index contributed by atoms with van der Waals surface area (Å²) in [6.45, 7) is 2.93. The topological polar surface area (TPSA) is 134 Å². The van der Waals surface area contributed by atoms with Crippen molar-refractivity contribution in [2.24, 2.45) is 5.73 Å². The van der Waals surface area contributed by atoms with Gasteiger partial charge in [0.05, 0.1) is 12.6 Å². The number of benzene rings is 1. The third-order valence-electron chi connectivity index (χ3n) is 4.42. The second kappa shape index (κ2) is 9.40. The van der Waals surface area contributed by atoms with Gasteiger partial charge < -0.3 is 35.8 Å². The lowest BCUT2D eigenvalue weighted by atomic mass is 9.97. The van der Waals surface area contributed by atoms with Gasteiger partial charge in [-0.2, -0.15) is 0 Å². The van der Waals surface area contributed by atoms with E-state index in [1.807, 2.05) is 37.3 Å². The predicted molar refractivity (Wildman–Crippen MR) is 94.0 cm³/mol. The Morgan fingerprint density at radius 1 is 1.31 bits per heavy atom. The maximum Gasteiger partial charge on any atom is 0.249 e. The number of carbonyl (C=O) groups is 1. The molecule has 1 aliphatic rings. The Labute approximate surface area is 152 Å². The zero-order valence-corrected chi connectivity index (χ0v) is 15.0. The molecule has 1 aliphatic heterocycles. The first-order chi connectivity index (χ1) is 12.3. The first kappa shape index (κ1) is 20.8. The lowest BCUT2D eigenvalue weighted by Gasteiger charge is -2.41. The number of nitrogens with two attached hydrogens (primary N) is 1. The zero-order chi connectivity index (χ0) is 19.3. The number of aliphatic hydroxyl groups excluding tert-OH is 3. The maximum absolute atomic E-state index is 12.4. The molecule has 1 amide bonds. The van der Waals surface area contributed by atoms with Crippen LogP contribution in [0.5, 0.6) is 0 Å². The van der Waals surface area contributed by atoms with Gasteiger partial charge in [0.15, 0.2) is 6.29 Å². The molecule has 1 saturated heterocycles. The van der Waals surface area contributed by atoms with Crippen LogP contribution in [0.4, 0.5) is 0 Å². The Hall–Kier alpha value is -1.55. The number of hydrogen-bond donors (Lipinski definition) is 5. The minimum atomic E-state index is -1.40. The molecule has 146 valence electrons. The molecule has 0 saturated carbocycles. The molecule has 7 atom stereocenters. The molecule has 2 unspecified atom stereocenters. The Bertz CT molecular complexity index is 572. The van der Waals surface area contributed by atoms with Crippen LogP contribution < -0.4 is 11.1 Å². The highest BCUT2D eigenvalue weighted by atomic mass is 16.6. The Kier molecular flexibility index (Phi) is 7.51. The fraction of sp³-hybridized carbons (Fsp3) is 0.611. The van der Waals surface area contributed by atoms with Crippen molar-refractivity contribution in [3.63, 3.8) is 0 Å². The van der Waals surface area contributed by atoms with Crippen molar-refractivity contribution in [2.75, 3.05) is 6.61 Å². The Balaban J connectivity index is 1.90. The van der Waals surface area contributed by atoms with E-state index >= 15 is 0 Å². The second-order valence-corrected chi connectivity index (χ2v) is 6.66. The smallest absolute Gasteiger partial charge is 0.249 e. The summed E-state index contributed by atoms with van der Waals surface area (Å²) in [5.41, 5.74) is 6.91. The van der Waals surface area contributed by atoms with Gasteiger partial charge in [-0.15, -0.1) is 0 Å². The van der Waals surface area contributed by atoms with E-state index in [4.69, 9.17) is 15.2 Å². The maximum atomic E-state index is 12.4. The summed E-state index contributed by atoms with van der Waals surface area (Å²) in [6, 6.07) is 8.62. The molecule has 8 heteroatoms. The van der Waals surface area contributed by atoms with E-state index < -0.39 is 43.4 Å². The third kappa shape index (κ3) is 5.23. The number of hydrogen-bond acceptors (Lipinski definition) is 7. The van der Waals surface area contributed by atoms with E-state index in [1.165, 1.54) is 0 Å². The van der Waals surface area contributed by atoms with Crippen LogP contribution in [0.2, 0.25) is 0 Å². The molecule has 0 aromatic heterocycles. The van der Waals surface area contributed by atoms with E-state index in [1.54, 1.807) is 6.92 Å². The fourth-order valence-electron chi connectivity index (χ4n) is 2.95. The van der Waals surface area contributed by atoms with Crippen LogP contribution >= 0.6 is 0 Å². The average molecular weight is 368 g/mol. The number of carbonyl (C=O) groups excluding carboxylic acids is 1. The first-order valence-corrected chi connectivity index (χ1v) is 8.71. The minimum absolute atomic E-state index is 0.111. The molecule has 0 radical (unpaired) electrons. The summed E-state index contributed by atoms with van der Waals surface area (Å²) in [7, 11) is 0. The van der Waals surface area contributed by atoms with E-state index in [9.17, 15) is 20.1 Å². The van der Waals surface area contributed by atoms with Gasteiger partial charge in [0.2, 0.25) is 5.91 Å². The molecule has 1 aromatic carbocycles.